The van der Waals surface area contributed by atoms with Crippen molar-refractivity contribution in [1.82, 2.24) is 4.98 Å². The molecule has 0 saturated carbocycles. The number of hydrogen-bond donors (Lipinski definition) is 2. The van der Waals surface area contributed by atoms with E-state index < -0.39 is 11.7 Å². The van der Waals surface area contributed by atoms with Gasteiger partial charge in [-0.05, 0) is 23.3 Å². The lowest BCUT2D eigenvalue weighted by atomic mass is 9.97. The Labute approximate surface area is 130 Å². The first-order valence-corrected chi connectivity index (χ1v) is 6.87. The molecule has 2 aromatic carbocycles. The highest BCUT2D eigenvalue weighted by Gasteiger charge is 2.33. The molecule has 1 heterocycles. The molecule has 0 aliphatic rings. The molecule has 0 bridgehead atoms. The Bertz CT molecular complexity index is 873. The molecule has 0 amide bonds. The zero-order chi connectivity index (χ0) is 16.6. The second-order valence-electron chi connectivity index (χ2n) is 5.09. The highest BCUT2D eigenvalue weighted by Crippen LogP contribution is 2.37. The predicted molar refractivity (Wildman–Crippen MR) is 83.3 cm³/mol. The number of rotatable bonds is 2. The zero-order valence-corrected chi connectivity index (χ0v) is 12.0. The summed E-state index contributed by atoms with van der Waals surface area (Å²) in [7, 11) is 0. The fourth-order valence-electron chi connectivity index (χ4n) is 2.53. The smallest absolute Gasteiger partial charge is 0.398 e. The van der Waals surface area contributed by atoms with Crippen LogP contribution in [-0.4, -0.2) is 4.98 Å². The van der Waals surface area contributed by atoms with Crippen molar-refractivity contribution < 1.29 is 13.2 Å². The summed E-state index contributed by atoms with van der Waals surface area (Å²) in [5.74, 6) is 0. The highest BCUT2D eigenvalue weighted by molar-refractivity contribution is 5.96. The van der Waals surface area contributed by atoms with Crippen LogP contribution in [0.3, 0.4) is 0 Å². The Morgan fingerprint density at radius 2 is 1.91 bits per heavy atom. The van der Waals surface area contributed by atoms with Gasteiger partial charge in [0.2, 0.25) is 0 Å². The third-order valence-corrected chi connectivity index (χ3v) is 3.67. The van der Waals surface area contributed by atoms with Crippen molar-refractivity contribution in [2.75, 3.05) is 5.73 Å². The van der Waals surface area contributed by atoms with Crippen molar-refractivity contribution in [1.29, 1.82) is 0 Å². The van der Waals surface area contributed by atoms with Crippen LogP contribution >= 0.6 is 0 Å². The van der Waals surface area contributed by atoms with E-state index in [1.165, 1.54) is 12.3 Å². The van der Waals surface area contributed by atoms with Gasteiger partial charge < -0.3 is 11.5 Å². The molecule has 0 unspecified atom stereocenters. The van der Waals surface area contributed by atoms with E-state index in [2.05, 4.69) is 11.1 Å². The number of anilines is 1. The molecule has 0 aliphatic carbocycles. The molecule has 117 valence electrons. The molecule has 23 heavy (non-hydrogen) atoms. The normalized spacial score (nSPS) is 11.8. The minimum absolute atomic E-state index is 0.102. The molecule has 3 rings (SSSR count). The average Bonchev–Trinajstić information content (AvgIpc) is 2.52. The summed E-state index contributed by atoms with van der Waals surface area (Å²) in [6, 6.07) is 12.1. The summed E-state index contributed by atoms with van der Waals surface area (Å²) in [6.07, 6.45) is -3.21. The fraction of sp³-hybridized carbons (Fsp3) is 0.118. The maximum atomic E-state index is 13.1. The second kappa shape index (κ2) is 5.55. The van der Waals surface area contributed by atoms with Gasteiger partial charge in [-0.3, -0.25) is 4.98 Å². The van der Waals surface area contributed by atoms with Crippen molar-refractivity contribution in [3.8, 4) is 11.1 Å². The third-order valence-electron chi connectivity index (χ3n) is 3.67. The molecular weight excluding hydrogens is 303 g/mol. The zero-order valence-electron chi connectivity index (χ0n) is 12.0. The summed E-state index contributed by atoms with van der Waals surface area (Å²) in [5, 5.41) is 0.377. The average molecular weight is 316 g/mol. The molecule has 3 nitrogen and oxygen atoms in total. The third kappa shape index (κ3) is 2.73. The predicted octanol–water partition coefficient (Wildman–Crippen LogP) is 3.76. The fourth-order valence-corrected chi connectivity index (χ4v) is 2.53. The molecule has 0 saturated heterocycles. The lowest BCUT2D eigenvalue weighted by Gasteiger charge is -2.13. The first-order chi connectivity index (χ1) is 10.9. The number of para-hydroxylation sites is 1. The van der Waals surface area contributed by atoms with Gasteiger partial charge in [-0.25, -0.2) is 0 Å². The molecule has 1 aromatic heterocycles. The van der Waals surface area contributed by atoms with E-state index >= 15 is 0 Å². The number of hydrogen-bond acceptors (Lipinski definition) is 3. The number of halogens is 3. The van der Waals surface area contributed by atoms with Crippen molar-refractivity contribution >= 4 is 16.6 Å². The first kappa shape index (κ1) is 15.3. The van der Waals surface area contributed by atoms with Gasteiger partial charge in [0.1, 0.15) is 0 Å². The lowest BCUT2D eigenvalue weighted by Crippen LogP contribution is -2.06. The molecule has 0 spiro atoms. The van der Waals surface area contributed by atoms with Crippen LogP contribution < -0.4 is 11.5 Å². The molecule has 3 aromatic rings. The van der Waals surface area contributed by atoms with E-state index in [0.29, 0.717) is 28.7 Å². The SMILES string of the molecule is NCc1ccc(-c2[c]cnc3c(C(F)(F)F)cccc23)cc1N. The molecule has 0 fully saturated rings. The minimum atomic E-state index is -4.46. The monoisotopic (exact) mass is 316 g/mol. The van der Waals surface area contributed by atoms with E-state index in [1.807, 2.05) is 0 Å². The van der Waals surface area contributed by atoms with Crippen LogP contribution in [0.5, 0.6) is 0 Å². The number of nitrogens with zero attached hydrogens (tertiary/aromatic N) is 1. The van der Waals surface area contributed by atoms with Crippen molar-refractivity contribution in [2.45, 2.75) is 12.7 Å². The molecule has 6 heteroatoms. The largest absolute Gasteiger partial charge is 0.418 e. The summed E-state index contributed by atoms with van der Waals surface area (Å²) < 4.78 is 39.4. The Hall–Kier alpha value is -2.60. The van der Waals surface area contributed by atoms with Crippen molar-refractivity contribution in [3.63, 3.8) is 0 Å². The number of benzene rings is 2. The van der Waals surface area contributed by atoms with Gasteiger partial charge in [0.25, 0.3) is 0 Å². The van der Waals surface area contributed by atoms with Gasteiger partial charge >= 0.3 is 6.18 Å². The van der Waals surface area contributed by atoms with E-state index in [4.69, 9.17) is 11.5 Å². The molecule has 4 N–H and O–H groups in total. The number of aromatic nitrogens is 1. The van der Waals surface area contributed by atoms with Gasteiger partial charge in [0, 0.05) is 35.4 Å². The molecular formula is C17H13F3N3. The van der Waals surface area contributed by atoms with Crippen LogP contribution in [0, 0.1) is 6.07 Å². The quantitative estimate of drug-likeness (QED) is 0.708. The standard InChI is InChI=1S/C17H13F3N3/c18-17(19,20)14-3-1-2-13-12(6-7-23-16(13)14)10-4-5-11(9-21)15(22)8-10/h1-5,7-8H,9,21-22H2. The summed E-state index contributed by atoms with van der Waals surface area (Å²) in [6.45, 7) is 0.297. The Balaban J connectivity index is 2.25. The Morgan fingerprint density at radius 3 is 2.57 bits per heavy atom. The van der Waals surface area contributed by atoms with Gasteiger partial charge in [-0.15, -0.1) is 0 Å². The minimum Gasteiger partial charge on any atom is -0.398 e. The van der Waals surface area contributed by atoms with Gasteiger partial charge in [-0.1, -0.05) is 24.3 Å². The van der Waals surface area contributed by atoms with Crippen molar-refractivity contribution in [2.24, 2.45) is 5.73 Å². The van der Waals surface area contributed by atoms with Crippen LogP contribution in [0.2, 0.25) is 0 Å². The molecule has 0 aliphatic heterocycles. The lowest BCUT2D eigenvalue weighted by molar-refractivity contribution is -0.136. The summed E-state index contributed by atoms with van der Waals surface area (Å²) >= 11 is 0. The molecule has 1 radical (unpaired) electrons. The number of pyridine rings is 1. The maximum Gasteiger partial charge on any atom is 0.418 e. The van der Waals surface area contributed by atoms with E-state index in [1.54, 1.807) is 24.3 Å². The topological polar surface area (TPSA) is 64.9 Å². The van der Waals surface area contributed by atoms with Crippen molar-refractivity contribution in [3.05, 3.63) is 59.8 Å². The van der Waals surface area contributed by atoms with Crippen LogP contribution in [0.4, 0.5) is 18.9 Å². The van der Waals surface area contributed by atoms with Crippen LogP contribution in [-0.2, 0) is 12.7 Å². The number of nitrogens with two attached hydrogens (primary N) is 2. The number of alkyl halides is 3. The Kier molecular flexibility index (Phi) is 3.69. The van der Waals surface area contributed by atoms with E-state index in [-0.39, 0.29) is 5.52 Å². The summed E-state index contributed by atoms with van der Waals surface area (Å²) in [5.41, 5.74) is 13.1. The van der Waals surface area contributed by atoms with E-state index in [9.17, 15) is 13.2 Å². The molecule has 0 atom stereocenters. The maximum absolute atomic E-state index is 13.1. The van der Waals surface area contributed by atoms with Gasteiger partial charge in [-0.2, -0.15) is 13.2 Å². The number of fused-ring (bicyclic) bond motifs is 1. The first-order valence-electron chi connectivity index (χ1n) is 6.87. The Morgan fingerprint density at radius 1 is 1.13 bits per heavy atom. The highest BCUT2D eigenvalue weighted by atomic mass is 19.4. The summed E-state index contributed by atoms with van der Waals surface area (Å²) in [4.78, 5) is 3.86. The van der Waals surface area contributed by atoms with Gasteiger partial charge in [0.15, 0.2) is 0 Å². The van der Waals surface area contributed by atoms with Gasteiger partial charge in [0.05, 0.1) is 11.1 Å². The van der Waals surface area contributed by atoms with Crippen LogP contribution in [0.25, 0.3) is 22.0 Å². The van der Waals surface area contributed by atoms with Crippen LogP contribution in [0.15, 0.2) is 42.6 Å². The number of nitrogen functional groups attached to an aromatic ring is 1. The van der Waals surface area contributed by atoms with E-state index in [0.717, 1.165) is 11.6 Å². The second-order valence-corrected chi connectivity index (χ2v) is 5.09. The van der Waals surface area contributed by atoms with Crippen LogP contribution in [0.1, 0.15) is 11.1 Å².